The molecule has 3 rings (SSSR count). The predicted molar refractivity (Wildman–Crippen MR) is 206 cm³/mol. The number of Topliss-reactive ketones (excluding diaryl/α,β-unsaturated/α-hetero) is 3. The summed E-state index contributed by atoms with van der Waals surface area (Å²) >= 11 is 0. The number of fused-ring (bicyclic) bond motifs is 5. The normalized spacial score (nSPS) is 18.9. The number of likely N-dealkylation sites (N-methyl/N-ethyl adjacent to an activating group) is 1. The van der Waals surface area contributed by atoms with Crippen LogP contribution in [0, 0.1) is 17.8 Å². The number of carbonyl (C=O) groups excluding carboxylic acids is 5. The summed E-state index contributed by atoms with van der Waals surface area (Å²) in [6, 6.07) is 8.11. The van der Waals surface area contributed by atoms with Gasteiger partial charge < -0.3 is 36.9 Å². The van der Waals surface area contributed by atoms with Crippen molar-refractivity contribution in [1.82, 2.24) is 10.2 Å². The molecule has 0 saturated heterocycles. The number of amides is 2. The number of carbonyl (C=O) groups is 5. The lowest BCUT2D eigenvalue weighted by Gasteiger charge is -2.32. The third-order valence-electron chi connectivity index (χ3n) is 9.61. The van der Waals surface area contributed by atoms with Gasteiger partial charge in [0.05, 0.1) is 17.7 Å². The van der Waals surface area contributed by atoms with E-state index >= 15 is 0 Å². The number of hydrogen-bond donors (Lipinski definition) is 4. The van der Waals surface area contributed by atoms with Crippen molar-refractivity contribution in [2.24, 2.45) is 35.0 Å². The standard InChI is InChI=1S/C39H57N5O9S/c1-24(26(3)45)18-33(46)32-21-27-9-11-35(52-16-14-41)30(20-27)31-22-28(10-12-36(31)53-17-15-42)37(34(47)19-25(2)38(48)43-32)44(4)39(49)29(8-6-7-13-40)23-54(5,50)51/h9-12,20,22,24-25,29,32,37H,6-8,13-19,21,23,40-42H2,1-5H3,(H,43,48)/t24-,25-,29-,32+,37+/m1/s1. The van der Waals surface area contributed by atoms with Crippen molar-refractivity contribution in [2.75, 3.05) is 51.9 Å². The Morgan fingerprint density at radius 3 is 2.11 bits per heavy atom. The van der Waals surface area contributed by atoms with Gasteiger partial charge in [0.15, 0.2) is 11.6 Å². The van der Waals surface area contributed by atoms with E-state index in [9.17, 15) is 32.4 Å². The quantitative estimate of drug-likeness (QED) is 0.160. The number of nitrogens with one attached hydrogen (secondary N) is 1. The monoisotopic (exact) mass is 771 g/mol. The first-order valence-corrected chi connectivity index (χ1v) is 20.5. The van der Waals surface area contributed by atoms with Gasteiger partial charge in [-0.15, -0.1) is 0 Å². The Balaban J connectivity index is 2.30. The lowest BCUT2D eigenvalue weighted by atomic mass is 9.88. The van der Waals surface area contributed by atoms with Crippen LogP contribution in [-0.4, -0.2) is 100 Å². The Bertz CT molecular complexity index is 1770. The van der Waals surface area contributed by atoms with Crippen LogP contribution in [0.5, 0.6) is 11.5 Å². The Kier molecular flexibility index (Phi) is 16.8. The van der Waals surface area contributed by atoms with E-state index in [4.69, 9.17) is 26.7 Å². The third kappa shape index (κ3) is 12.4. The average Bonchev–Trinajstić information content (AvgIpc) is 3.11. The number of ketones is 3. The molecule has 0 aromatic heterocycles. The highest BCUT2D eigenvalue weighted by Gasteiger charge is 2.36. The van der Waals surface area contributed by atoms with Gasteiger partial charge in [-0.1, -0.05) is 32.4 Å². The summed E-state index contributed by atoms with van der Waals surface area (Å²) in [5.74, 6) is -4.07. The van der Waals surface area contributed by atoms with Crippen LogP contribution in [0.1, 0.15) is 70.0 Å². The fourth-order valence-electron chi connectivity index (χ4n) is 6.54. The van der Waals surface area contributed by atoms with E-state index < -0.39 is 63.0 Å². The molecule has 0 aliphatic carbocycles. The zero-order chi connectivity index (χ0) is 40.2. The van der Waals surface area contributed by atoms with Crippen molar-refractivity contribution in [2.45, 2.75) is 71.4 Å². The number of benzene rings is 2. The van der Waals surface area contributed by atoms with Crippen molar-refractivity contribution in [3.8, 4) is 22.6 Å². The molecule has 0 spiro atoms. The lowest BCUT2D eigenvalue weighted by molar-refractivity contribution is -0.142. The van der Waals surface area contributed by atoms with Crippen LogP contribution in [0.4, 0.5) is 0 Å². The van der Waals surface area contributed by atoms with Gasteiger partial charge in [0, 0.05) is 62.2 Å². The highest BCUT2D eigenvalue weighted by molar-refractivity contribution is 7.90. The molecule has 2 aromatic carbocycles. The molecule has 1 aliphatic rings. The summed E-state index contributed by atoms with van der Waals surface area (Å²) in [4.78, 5) is 69.4. The molecule has 2 aromatic rings. The Morgan fingerprint density at radius 2 is 1.54 bits per heavy atom. The van der Waals surface area contributed by atoms with Crippen molar-refractivity contribution in [3.63, 3.8) is 0 Å². The third-order valence-corrected chi connectivity index (χ3v) is 10.6. The number of sulfone groups is 1. The molecule has 0 radical (unpaired) electrons. The first-order chi connectivity index (χ1) is 25.5. The number of unbranched alkanes of at least 4 members (excludes halogenated alkanes) is 1. The van der Waals surface area contributed by atoms with E-state index in [2.05, 4.69) is 5.32 Å². The predicted octanol–water partition coefficient (Wildman–Crippen LogP) is 2.14. The van der Waals surface area contributed by atoms with Gasteiger partial charge >= 0.3 is 0 Å². The summed E-state index contributed by atoms with van der Waals surface area (Å²) in [6.45, 7) is 5.76. The largest absolute Gasteiger partial charge is 0.492 e. The number of rotatable bonds is 18. The number of nitrogens with two attached hydrogens (primary N) is 3. The van der Waals surface area contributed by atoms with Crippen molar-refractivity contribution >= 4 is 39.0 Å². The molecule has 298 valence electrons. The number of nitrogens with zero attached hydrogens (tertiary/aromatic N) is 1. The molecule has 1 heterocycles. The fraction of sp³-hybridized carbons (Fsp3) is 0.564. The second kappa shape index (κ2) is 20.5. The average molecular weight is 772 g/mol. The van der Waals surface area contributed by atoms with E-state index in [1.165, 1.54) is 18.9 Å². The summed E-state index contributed by atoms with van der Waals surface area (Å²) in [5.41, 5.74) is 19.4. The second-order valence-corrected chi connectivity index (χ2v) is 16.5. The van der Waals surface area contributed by atoms with Gasteiger partial charge in [-0.05, 0) is 68.1 Å². The zero-order valence-corrected chi connectivity index (χ0v) is 32.9. The van der Waals surface area contributed by atoms with Crippen LogP contribution in [0.15, 0.2) is 36.4 Å². The van der Waals surface area contributed by atoms with Crippen LogP contribution in [0.3, 0.4) is 0 Å². The molecule has 0 saturated carbocycles. The SMILES string of the molecule is CC(=O)[C@H](C)CC(=O)[C@@H]1Cc2ccc(OCCN)c(c2)-c2cc(ccc2OCCN)[C@H](N(C)C(=O)[C@H](CCCCN)CS(C)(=O)=O)C(=O)C[C@@H](C)C(=O)N1. The van der Waals surface area contributed by atoms with E-state index in [-0.39, 0.29) is 63.6 Å². The minimum atomic E-state index is -3.59. The molecule has 15 heteroatoms. The van der Waals surface area contributed by atoms with Gasteiger partial charge in [0.1, 0.15) is 46.4 Å². The molecule has 0 unspecified atom stereocenters. The number of ether oxygens (including phenoxy) is 2. The van der Waals surface area contributed by atoms with Crippen LogP contribution < -0.4 is 32.0 Å². The van der Waals surface area contributed by atoms with Crippen molar-refractivity contribution < 1.29 is 41.9 Å². The van der Waals surface area contributed by atoms with Crippen molar-refractivity contribution in [3.05, 3.63) is 47.5 Å². The molecule has 14 nitrogen and oxygen atoms in total. The summed E-state index contributed by atoms with van der Waals surface area (Å²) in [7, 11) is -2.13. The van der Waals surface area contributed by atoms with Gasteiger partial charge in [0.2, 0.25) is 11.8 Å². The van der Waals surface area contributed by atoms with E-state index in [0.717, 1.165) is 6.26 Å². The highest BCUT2D eigenvalue weighted by atomic mass is 32.2. The Labute approximate surface area is 318 Å². The smallest absolute Gasteiger partial charge is 0.227 e. The minimum Gasteiger partial charge on any atom is -0.492 e. The van der Waals surface area contributed by atoms with Gasteiger partial charge in [-0.3, -0.25) is 24.0 Å². The van der Waals surface area contributed by atoms with Crippen LogP contribution in [0.2, 0.25) is 0 Å². The maximum absolute atomic E-state index is 14.4. The molecular formula is C39H57N5O9S. The topological polar surface area (TPSA) is 231 Å². The molecular weight excluding hydrogens is 715 g/mol. The van der Waals surface area contributed by atoms with Crippen LogP contribution >= 0.6 is 0 Å². The molecule has 2 amide bonds. The minimum absolute atomic E-state index is 0.0878. The first-order valence-electron chi connectivity index (χ1n) is 18.4. The summed E-state index contributed by atoms with van der Waals surface area (Å²) < 4.78 is 37.1. The van der Waals surface area contributed by atoms with Gasteiger partial charge in [-0.2, -0.15) is 0 Å². The Hall–Kier alpha value is -4.18. The highest BCUT2D eigenvalue weighted by Crippen LogP contribution is 2.41. The molecule has 1 aliphatic heterocycles. The first kappa shape index (κ1) is 44.2. The van der Waals surface area contributed by atoms with E-state index in [0.29, 0.717) is 53.1 Å². The molecule has 5 atom stereocenters. The summed E-state index contributed by atoms with van der Waals surface area (Å²) in [6.07, 6.45) is 2.10. The van der Waals surface area contributed by atoms with Crippen LogP contribution in [-0.2, 0) is 40.2 Å². The second-order valence-electron chi connectivity index (χ2n) is 14.3. The lowest BCUT2D eigenvalue weighted by Crippen LogP contribution is -2.46. The van der Waals surface area contributed by atoms with E-state index in [1.54, 1.807) is 44.2 Å². The maximum atomic E-state index is 14.4. The summed E-state index contributed by atoms with van der Waals surface area (Å²) in [5, 5.41) is 2.83. The maximum Gasteiger partial charge on any atom is 0.227 e. The number of hydrogen-bond acceptors (Lipinski definition) is 12. The molecule has 54 heavy (non-hydrogen) atoms. The van der Waals surface area contributed by atoms with Gasteiger partial charge in [-0.25, -0.2) is 8.42 Å². The van der Waals surface area contributed by atoms with E-state index in [1.807, 2.05) is 6.07 Å². The van der Waals surface area contributed by atoms with Gasteiger partial charge in [0.25, 0.3) is 0 Å². The fourth-order valence-corrected chi connectivity index (χ4v) is 7.58. The van der Waals surface area contributed by atoms with Crippen molar-refractivity contribution in [1.29, 1.82) is 0 Å². The molecule has 4 bridgehead atoms. The zero-order valence-electron chi connectivity index (χ0n) is 32.1. The molecule has 0 fully saturated rings. The van der Waals surface area contributed by atoms with Crippen LogP contribution in [0.25, 0.3) is 11.1 Å². The molecule has 7 N–H and O–H groups in total. The Morgan fingerprint density at radius 1 is 0.926 bits per heavy atom.